The van der Waals surface area contributed by atoms with Crippen molar-refractivity contribution in [3.05, 3.63) is 62.9 Å². The van der Waals surface area contributed by atoms with Crippen molar-refractivity contribution in [2.24, 2.45) is 0 Å². The molecule has 0 saturated heterocycles. The molecule has 7 nitrogen and oxygen atoms in total. The van der Waals surface area contributed by atoms with Crippen molar-refractivity contribution in [2.45, 2.75) is 37.0 Å². The Balaban J connectivity index is 1.74. The second-order valence-electron chi connectivity index (χ2n) is 7.60. The van der Waals surface area contributed by atoms with E-state index >= 15 is 0 Å². The van der Waals surface area contributed by atoms with Crippen molar-refractivity contribution in [2.75, 3.05) is 16.4 Å². The number of benzene rings is 2. The van der Waals surface area contributed by atoms with Gasteiger partial charge in [-0.2, -0.15) is 0 Å². The van der Waals surface area contributed by atoms with E-state index in [1.807, 2.05) is 42.5 Å². The van der Waals surface area contributed by atoms with E-state index in [4.69, 9.17) is 5.10 Å². The van der Waals surface area contributed by atoms with Crippen LogP contribution in [0.1, 0.15) is 31.7 Å². The first-order valence-corrected chi connectivity index (χ1v) is 12.0. The number of rotatable bonds is 5. The molecule has 31 heavy (non-hydrogen) atoms. The van der Waals surface area contributed by atoms with Crippen molar-refractivity contribution in [3.8, 4) is 11.3 Å². The summed E-state index contributed by atoms with van der Waals surface area (Å²) in [5.41, 5.74) is 1.57. The highest BCUT2D eigenvalue weighted by molar-refractivity contribution is 9.10. The van der Waals surface area contributed by atoms with Gasteiger partial charge in [0, 0.05) is 15.3 Å². The van der Waals surface area contributed by atoms with E-state index in [0.29, 0.717) is 33.4 Å². The summed E-state index contributed by atoms with van der Waals surface area (Å²) in [4.78, 5) is 29.6. The molecule has 3 N–H and O–H groups in total. The van der Waals surface area contributed by atoms with Crippen LogP contribution in [0.25, 0.3) is 11.3 Å². The Hall–Kier alpha value is -2.65. The number of fused-ring (bicyclic) bond motifs is 6. The van der Waals surface area contributed by atoms with Crippen molar-refractivity contribution in [1.29, 1.82) is 0 Å². The largest absolute Gasteiger partial charge is 0.374 e. The van der Waals surface area contributed by atoms with Crippen LogP contribution in [0.5, 0.6) is 0 Å². The summed E-state index contributed by atoms with van der Waals surface area (Å²) in [7, 11) is 0. The van der Waals surface area contributed by atoms with Gasteiger partial charge in [0.15, 0.2) is 0 Å². The zero-order valence-electron chi connectivity index (χ0n) is 16.9. The van der Waals surface area contributed by atoms with Crippen molar-refractivity contribution >= 4 is 45.0 Å². The van der Waals surface area contributed by atoms with E-state index in [9.17, 15) is 9.59 Å². The van der Waals surface area contributed by atoms with Crippen LogP contribution in [-0.2, 0) is 10.5 Å². The fraction of sp³-hybridized carbons (Fsp3) is 0.273. The molecule has 0 unspecified atom stereocenters. The van der Waals surface area contributed by atoms with Gasteiger partial charge in [-0.05, 0) is 41.4 Å². The van der Waals surface area contributed by atoms with Gasteiger partial charge in [-0.1, -0.05) is 59.6 Å². The summed E-state index contributed by atoms with van der Waals surface area (Å²) in [5, 5.41) is 11.6. The smallest absolute Gasteiger partial charge is 0.317 e. The Morgan fingerprint density at radius 2 is 1.97 bits per heavy atom. The van der Waals surface area contributed by atoms with E-state index in [1.165, 1.54) is 11.8 Å². The van der Waals surface area contributed by atoms with E-state index in [-0.39, 0.29) is 11.5 Å². The highest BCUT2D eigenvalue weighted by Gasteiger charge is 2.62. The van der Waals surface area contributed by atoms with Gasteiger partial charge in [-0.3, -0.25) is 14.6 Å². The molecule has 5 rings (SSSR count). The van der Waals surface area contributed by atoms with Crippen LogP contribution in [-0.4, -0.2) is 21.7 Å². The molecule has 0 radical (unpaired) electrons. The lowest BCUT2D eigenvalue weighted by Gasteiger charge is -2.28. The number of unbranched alkanes of at least 4 members (excludes halogenated alkanes) is 2. The minimum absolute atomic E-state index is 0.266. The molecular weight excluding hydrogens is 478 g/mol. The van der Waals surface area contributed by atoms with Crippen LogP contribution >= 0.6 is 27.7 Å². The molecule has 3 heterocycles. The molecule has 0 aliphatic carbocycles. The van der Waals surface area contributed by atoms with Crippen LogP contribution in [0, 0.1) is 0 Å². The Labute approximate surface area is 191 Å². The third kappa shape index (κ3) is 3.18. The number of nitrogens with one attached hydrogen (secondary N) is 3. The molecule has 1 atom stereocenters. The summed E-state index contributed by atoms with van der Waals surface area (Å²) in [6.45, 7) is 2.15. The summed E-state index contributed by atoms with van der Waals surface area (Å²) in [5.74, 6) is 0.572. The van der Waals surface area contributed by atoms with Gasteiger partial charge >= 0.3 is 22.8 Å². The highest BCUT2D eigenvalue weighted by atomic mass is 79.9. The molecule has 1 aromatic heterocycles. The maximum absolute atomic E-state index is 13.4. The lowest BCUT2D eigenvalue weighted by Crippen LogP contribution is -2.71. The van der Waals surface area contributed by atoms with E-state index in [0.717, 1.165) is 29.5 Å². The van der Waals surface area contributed by atoms with Crippen LogP contribution in [0.15, 0.2) is 56.9 Å². The van der Waals surface area contributed by atoms with Gasteiger partial charge in [-0.15, -0.1) is 0 Å². The molecule has 0 bridgehead atoms. The summed E-state index contributed by atoms with van der Waals surface area (Å²) < 4.78 is 2.40. The molecule has 1 spiro atoms. The van der Waals surface area contributed by atoms with Crippen LogP contribution in [0.3, 0.4) is 0 Å². The third-order valence-corrected chi connectivity index (χ3v) is 7.03. The zero-order valence-corrected chi connectivity index (χ0v) is 19.3. The summed E-state index contributed by atoms with van der Waals surface area (Å²) in [6.07, 6.45) is 3.28. The average Bonchev–Trinajstić information content (AvgIpc) is 3.03. The molecule has 1 amide bonds. The SMILES string of the molecule is CCCCCSc1n[n+]2c(c(=O)[nH]1)-c1ccccc1N[C@]21C(=O)Nc2ccc(Br)cc21. The van der Waals surface area contributed by atoms with Gasteiger partial charge in [-0.25, -0.2) is 0 Å². The molecule has 9 heteroatoms. The lowest BCUT2D eigenvalue weighted by molar-refractivity contribution is -0.781. The fourth-order valence-electron chi connectivity index (χ4n) is 4.12. The minimum atomic E-state index is -1.35. The quantitative estimate of drug-likeness (QED) is 0.282. The molecule has 2 aliphatic rings. The molecule has 3 aromatic rings. The van der Waals surface area contributed by atoms with Gasteiger partial charge in [0.1, 0.15) is 0 Å². The first-order chi connectivity index (χ1) is 15.0. The van der Waals surface area contributed by atoms with Crippen LogP contribution < -0.4 is 20.9 Å². The monoisotopic (exact) mass is 498 g/mol. The normalized spacial score (nSPS) is 18.2. The molecular formula is C22H21BrN5O2S+. The van der Waals surface area contributed by atoms with Crippen molar-refractivity contribution < 1.29 is 9.48 Å². The van der Waals surface area contributed by atoms with Crippen molar-refractivity contribution in [3.63, 3.8) is 0 Å². The first-order valence-electron chi connectivity index (χ1n) is 10.2. The molecule has 0 saturated carbocycles. The number of H-pyrrole nitrogens is 1. The standard InChI is InChI=1S/C22H20BrN5O2S/c1-2-3-6-11-31-21-25-19(29)18-14-7-4-5-8-16(14)26-22(28(18)27-21)15-12-13(23)9-10-17(15)24-20(22)30/h4-5,7-10,12H,2-3,6,11H2,1H3,(H2,24,25,27,29,30)/p+1/t22-/m0/s1. The molecule has 0 fully saturated rings. The second-order valence-corrected chi connectivity index (χ2v) is 9.60. The Kier molecular flexibility index (Phi) is 5.10. The Bertz CT molecular complexity index is 1260. The predicted molar refractivity (Wildman–Crippen MR) is 124 cm³/mol. The highest BCUT2D eigenvalue weighted by Crippen LogP contribution is 2.42. The number of anilines is 2. The number of carbonyl (C=O) groups is 1. The van der Waals surface area contributed by atoms with Crippen molar-refractivity contribution in [1.82, 2.24) is 10.1 Å². The summed E-state index contributed by atoms with van der Waals surface area (Å²) in [6, 6.07) is 13.1. The number of carbonyl (C=O) groups excluding carboxylic acids is 1. The van der Waals surface area contributed by atoms with Crippen LogP contribution in [0.4, 0.5) is 11.4 Å². The Morgan fingerprint density at radius 3 is 2.81 bits per heavy atom. The first kappa shape index (κ1) is 20.3. The zero-order chi connectivity index (χ0) is 21.6. The topological polar surface area (TPSA) is 90.8 Å². The second kappa shape index (κ2) is 7.80. The number of nitrogens with zero attached hydrogens (tertiary/aromatic N) is 2. The Morgan fingerprint density at radius 1 is 1.13 bits per heavy atom. The number of para-hydroxylation sites is 1. The number of hydrogen-bond acceptors (Lipinski definition) is 5. The van der Waals surface area contributed by atoms with Gasteiger partial charge in [0.25, 0.3) is 0 Å². The van der Waals surface area contributed by atoms with E-state index in [1.54, 1.807) is 4.68 Å². The van der Waals surface area contributed by atoms with Gasteiger partial charge in [0.05, 0.1) is 22.5 Å². The minimum Gasteiger partial charge on any atom is -0.317 e. The maximum atomic E-state index is 13.4. The number of aromatic amines is 1. The molecule has 2 aliphatic heterocycles. The summed E-state index contributed by atoms with van der Waals surface area (Å²) >= 11 is 5.02. The predicted octanol–water partition coefficient (Wildman–Crippen LogP) is 3.85. The number of amides is 1. The third-order valence-electron chi connectivity index (χ3n) is 5.59. The number of aromatic nitrogens is 3. The van der Waals surface area contributed by atoms with Gasteiger partial charge < -0.3 is 10.6 Å². The molecule has 158 valence electrons. The lowest BCUT2D eigenvalue weighted by atomic mass is 9.95. The van der Waals surface area contributed by atoms with E-state index < -0.39 is 5.66 Å². The van der Waals surface area contributed by atoms with E-state index in [2.05, 4.69) is 38.5 Å². The molecule has 2 aromatic carbocycles. The number of halogens is 1. The van der Waals surface area contributed by atoms with Crippen LogP contribution in [0.2, 0.25) is 0 Å². The number of hydrogen-bond donors (Lipinski definition) is 3. The average molecular weight is 499 g/mol. The van der Waals surface area contributed by atoms with Gasteiger partial charge in [0.2, 0.25) is 5.16 Å². The number of thioether (sulfide) groups is 1. The fourth-order valence-corrected chi connectivity index (χ4v) is 5.33. The maximum Gasteiger partial charge on any atom is 0.374 e.